The van der Waals surface area contributed by atoms with Gasteiger partial charge in [0.1, 0.15) is 0 Å². The summed E-state index contributed by atoms with van der Waals surface area (Å²) in [7, 11) is -5.81. The Hall–Kier alpha value is -0.750. The molecule has 1 aromatic carbocycles. The Labute approximate surface area is 161 Å². The lowest BCUT2D eigenvalue weighted by molar-refractivity contribution is 0.199. The van der Waals surface area contributed by atoms with Gasteiger partial charge in [-0.05, 0) is 31.0 Å². The second-order valence-corrected chi connectivity index (χ2v) is 9.43. The molecule has 150 valence electrons. The zero-order valence-electron chi connectivity index (χ0n) is 14.7. The van der Waals surface area contributed by atoms with Crippen molar-refractivity contribution >= 4 is 32.5 Å². The number of hydrogen-bond acceptors (Lipinski definition) is 6. The van der Waals surface area contributed by atoms with E-state index in [1.54, 1.807) is 7.11 Å². The van der Waals surface area contributed by atoms with E-state index in [2.05, 4.69) is 10.0 Å². The fourth-order valence-electron chi connectivity index (χ4n) is 2.54. The van der Waals surface area contributed by atoms with Crippen LogP contribution in [0.15, 0.2) is 34.1 Å². The summed E-state index contributed by atoms with van der Waals surface area (Å²) in [5.74, 6) is 0. The van der Waals surface area contributed by atoms with Gasteiger partial charge >= 0.3 is 0 Å². The Bertz CT molecular complexity index is 765. The molecule has 0 amide bonds. The lowest BCUT2D eigenvalue weighted by atomic mass is 10.4. The van der Waals surface area contributed by atoms with Crippen LogP contribution < -0.4 is 10.0 Å². The molecule has 1 aliphatic rings. The van der Waals surface area contributed by atoms with Crippen molar-refractivity contribution in [2.45, 2.75) is 22.6 Å². The van der Waals surface area contributed by atoms with E-state index < -0.39 is 20.0 Å². The number of rotatable bonds is 10. The van der Waals surface area contributed by atoms with Gasteiger partial charge < -0.3 is 10.1 Å². The first-order chi connectivity index (χ1) is 11.9. The maximum absolute atomic E-state index is 12.6. The van der Waals surface area contributed by atoms with Crippen LogP contribution in [0.1, 0.15) is 12.8 Å². The van der Waals surface area contributed by atoms with Gasteiger partial charge in [-0.15, -0.1) is 12.4 Å². The van der Waals surface area contributed by atoms with Crippen LogP contribution in [-0.2, 0) is 24.8 Å². The van der Waals surface area contributed by atoms with E-state index in [1.165, 1.54) is 28.6 Å². The Morgan fingerprint density at radius 3 is 2.35 bits per heavy atom. The number of halogens is 1. The van der Waals surface area contributed by atoms with Crippen molar-refractivity contribution < 1.29 is 21.6 Å². The Balaban J connectivity index is 0.00000338. The van der Waals surface area contributed by atoms with Crippen molar-refractivity contribution in [1.29, 1.82) is 0 Å². The minimum atomic E-state index is -3.76. The average molecular weight is 428 g/mol. The molecule has 2 N–H and O–H groups in total. The number of ether oxygens (including phenoxy) is 1. The van der Waals surface area contributed by atoms with Crippen LogP contribution in [0.25, 0.3) is 0 Å². The third-order valence-corrected chi connectivity index (χ3v) is 7.25. The molecule has 1 heterocycles. The minimum Gasteiger partial charge on any atom is -0.383 e. The molecule has 0 aliphatic carbocycles. The molecule has 26 heavy (non-hydrogen) atoms. The maximum Gasteiger partial charge on any atom is 0.243 e. The molecule has 0 saturated carbocycles. The summed E-state index contributed by atoms with van der Waals surface area (Å²) in [6.07, 6.45) is 1.66. The molecular weight excluding hydrogens is 402 g/mol. The van der Waals surface area contributed by atoms with Crippen LogP contribution in [0, 0.1) is 0 Å². The van der Waals surface area contributed by atoms with Crippen LogP contribution in [0.2, 0.25) is 0 Å². The van der Waals surface area contributed by atoms with Crippen LogP contribution >= 0.6 is 12.4 Å². The van der Waals surface area contributed by atoms with Crippen molar-refractivity contribution in [3.05, 3.63) is 24.3 Å². The molecule has 8 nitrogen and oxygen atoms in total. The number of hydrogen-bond donors (Lipinski definition) is 2. The number of methoxy groups -OCH3 is 1. The van der Waals surface area contributed by atoms with E-state index in [0.29, 0.717) is 32.8 Å². The van der Waals surface area contributed by atoms with Crippen molar-refractivity contribution in [3.63, 3.8) is 0 Å². The standard InChI is InChI=1S/C15H25N3O5S2.ClH/c1-23-12-9-16-7-8-17-24(19,20)14-5-4-6-15(13-14)25(21,22)18-10-2-3-11-18;/h4-6,13,16-17H,2-3,7-12H2,1H3;1H. The SMILES string of the molecule is COCCNCCNS(=O)(=O)c1cccc(S(=O)(=O)N2CCCC2)c1.Cl. The molecule has 0 atom stereocenters. The molecule has 1 saturated heterocycles. The topological polar surface area (TPSA) is 105 Å². The van der Waals surface area contributed by atoms with E-state index in [4.69, 9.17) is 4.74 Å². The first-order valence-electron chi connectivity index (χ1n) is 8.17. The lowest BCUT2D eigenvalue weighted by Crippen LogP contribution is -2.33. The summed E-state index contributed by atoms with van der Waals surface area (Å²) in [5, 5.41) is 3.03. The number of nitrogens with one attached hydrogen (secondary N) is 2. The van der Waals surface area contributed by atoms with Gasteiger partial charge in [0.15, 0.2) is 0 Å². The van der Waals surface area contributed by atoms with E-state index in [0.717, 1.165) is 12.8 Å². The smallest absolute Gasteiger partial charge is 0.243 e. The van der Waals surface area contributed by atoms with Gasteiger partial charge in [-0.2, -0.15) is 4.31 Å². The largest absolute Gasteiger partial charge is 0.383 e. The molecular formula is C15H26ClN3O5S2. The van der Waals surface area contributed by atoms with Crippen molar-refractivity contribution in [1.82, 2.24) is 14.3 Å². The molecule has 1 aromatic rings. The van der Waals surface area contributed by atoms with Gasteiger partial charge in [0.25, 0.3) is 0 Å². The Morgan fingerprint density at radius 1 is 1.04 bits per heavy atom. The molecule has 1 fully saturated rings. The van der Waals surface area contributed by atoms with E-state index in [1.807, 2.05) is 0 Å². The summed E-state index contributed by atoms with van der Waals surface area (Å²) in [4.78, 5) is -0.0415. The summed E-state index contributed by atoms with van der Waals surface area (Å²) in [5.41, 5.74) is 0. The summed E-state index contributed by atoms with van der Waals surface area (Å²) < 4.78 is 58.6. The highest BCUT2D eigenvalue weighted by molar-refractivity contribution is 7.90. The Kier molecular flexibility index (Phi) is 9.45. The predicted molar refractivity (Wildman–Crippen MR) is 102 cm³/mol. The first kappa shape index (κ1) is 23.3. The average Bonchev–Trinajstić information content (AvgIpc) is 3.13. The zero-order valence-corrected chi connectivity index (χ0v) is 17.1. The van der Waals surface area contributed by atoms with Crippen molar-refractivity contribution in [3.8, 4) is 0 Å². The van der Waals surface area contributed by atoms with Gasteiger partial charge in [-0.3, -0.25) is 0 Å². The molecule has 0 bridgehead atoms. The van der Waals surface area contributed by atoms with Crippen molar-refractivity contribution in [2.24, 2.45) is 0 Å². The van der Waals surface area contributed by atoms with Gasteiger partial charge in [-0.25, -0.2) is 21.6 Å². The lowest BCUT2D eigenvalue weighted by Gasteiger charge is -2.16. The van der Waals surface area contributed by atoms with Gasteiger partial charge in [0.2, 0.25) is 20.0 Å². The Morgan fingerprint density at radius 2 is 1.69 bits per heavy atom. The van der Waals surface area contributed by atoms with Gasteiger partial charge in [0, 0.05) is 39.8 Å². The summed E-state index contributed by atoms with van der Waals surface area (Å²) in [6, 6.07) is 5.49. The van der Waals surface area contributed by atoms with Crippen LogP contribution in [-0.4, -0.2) is 67.6 Å². The maximum atomic E-state index is 12.6. The summed E-state index contributed by atoms with van der Waals surface area (Å²) in [6.45, 7) is 2.78. The molecule has 0 unspecified atom stereocenters. The highest BCUT2D eigenvalue weighted by Gasteiger charge is 2.28. The second kappa shape index (κ2) is 10.5. The molecule has 2 rings (SSSR count). The fourth-order valence-corrected chi connectivity index (χ4v) is 5.25. The van der Waals surface area contributed by atoms with Crippen LogP contribution in [0.3, 0.4) is 0 Å². The number of benzene rings is 1. The highest BCUT2D eigenvalue weighted by Crippen LogP contribution is 2.22. The molecule has 0 aromatic heterocycles. The third-order valence-electron chi connectivity index (χ3n) is 3.90. The molecule has 1 aliphatic heterocycles. The fraction of sp³-hybridized carbons (Fsp3) is 0.600. The van der Waals surface area contributed by atoms with E-state index in [-0.39, 0.29) is 28.7 Å². The summed E-state index contributed by atoms with van der Waals surface area (Å²) >= 11 is 0. The van der Waals surface area contributed by atoms with Gasteiger partial charge in [-0.1, -0.05) is 6.07 Å². The van der Waals surface area contributed by atoms with Crippen LogP contribution in [0.4, 0.5) is 0 Å². The predicted octanol–water partition coefficient (Wildman–Crippen LogP) is 0.407. The molecule has 0 spiro atoms. The third kappa shape index (κ3) is 6.15. The zero-order chi connectivity index (χ0) is 18.3. The number of sulfonamides is 2. The minimum absolute atomic E-state index is 0. The molecule has 11 heteroatoms. The highest BCUT2D eigenvalue weighted by atomic mass is 35.5. The first-order valence-corrected chi connectivity index (χ1v) is 11.1. The number of nitrogens with zero attached hydrogens (tertiary/aromatic N) is 1. The monoisotopic (exact) mass is 427 g/mol. The molecule has 0 radical (unpaired) electrons. The van der Waals surface area contributed by atoms with E-state index in [9.17, 15) is 16.8 Å². The van der Waals surface area contributed by atoms with Crippen LogP contribution in [0.5, 0.6) is 0 Å². The quantitative estimate of drug-likeness (QED) is 0.524. The second-order valence-electron chi connectivity index (χ2n) is 5.73. The van der Waals surface area contributed by atoms with Gasteiger partial charge in [0.05, 0.1) is 16.4 Å². The van der Waals surface area contributed by atoms with Crippen molar-refractivity contribution in [2.75, 3.05) is 46.4 Å². The van der Waals surface area contributed by atoms with E-state index >= 15 is 0 Å². The normalized spacial score (nSPS) is 15.7.